The molecule has 0 aliphatic carbocycles. The number of likely N-dealkylation sites (tertiary alicyclic amines) is 1. The first kappa shape index (κ1) is 14.4. The van der Waals surface area contributed by atoms with Crippen molar-refractivity contribution < 1.29 is 0 Å². The molecule has 1 saturated heterocycles. The maximum Gasteiger partial charge on any atom is 0.0753 e. The second-order valence-electron chi connectivity index (χ2n) is 5.49. The summed E-state index contributed by atoms with van der Waals surface area (Å²) in [4.78, 5) is 11.1. The van der Waals surface area contributed by atoms with E-state index in [1.54, 1.807) is 12.4 Å². The molecule has 0 saturated carbocycles. The Morgan fingerprint density at radius 1 is 1.37 bits per heavy atom. The van der Waals surface area contributed by atoms with Crippen molar-refractivity contribution >= 4 is 0 Å². The normalized spacial score (nSPS) is 19.5. The van der Waals surface area contributed by atoms with Crippen LogP contribution in [0.2, 0.25) is 0 Å². The molecule has 0 amide bonds. The Labute approximate surface area is 116 Å². The van der Waals surface area contributed by atoms with Gasteiger partial charge in [-0.3, -0.25) is 9.97 Å². The summed E-state index contributed by atoms with van der Waals surface area (Å²) in [5, 5.41) is 3.68. The highest BCUT2D eigenvalue weighted by Gasteiger charge is 2.20. The first-order chi connectivity index (χ1) is 9.29. The van der Waals surface area contributed by atoms with Crippen LogP contribution in [-0.2, 0) is 0 Å². The molecule has 106 valence electrons. The van der Waals surface area contributed by atoms with E-state index < -0.39 is 0 Å². The molecular weight excluding hydrogens is 236 g/mol. The molecule has 1 aliphatic heterocycles. The molecule has 1 fully saturated rings. The molecule has 19 heavy (non-hydrogen) atoms. The van der Waals surface area contributed by atoms with E-state index in [1.165, 1.54) is 45.3 Å². The van der Waals surface area contributed by atoms with Gasteiger partial charge in [0.25, 0.3) is 0 Å². The van der Waals surface area contributed by atoms with Crippen LogP contribution in [0.25, 0.3) is 0 Å². The number of unbranched alkanes of at least 4 members (excludes halogenated alkanes) is 1. The van der Waals surface area contributed by atoms with Crippen molar-refractivity contribution in [1.82, 2.24) is 20.2 Å². The van der Waals surface area contributed by atoms with Crippen molar-refractivity contribution in [2.24, 2.45) is 0 Å². The van der Waals surface area contributed by atoms with E-state index in [-0.39, 0.29) is 0 Å². The van der Waals surface area contributed by atoms with Crippen molar-refractivity contribution in [1.29, 1.82) is 0 Å². The maximum absolute atomic E-state index is 4.36. The van der Waals surface area contributed by atoms with Gasteiger partial charge in [-0.2, -0.15) is 0 Å². The van der Waals surface area contributed by atoms with E-state index in [0.29, 0.717) is 12.1 Å². The van der Waals surface area contributed by atoms with Gasteiger partial charge in [0.15, 0.2) is 0 Å². The van der Waals surface area contributed by atoms with Crippen molar-refractivity contribution in [3.8, 4) is 0 Å². The summed E-state index contributed by atoms with van der Waals surface area (Å²) in [6, 6.07) is 0.913. The molecule has 1 atom stereocenters. The molecule has 2 rings (SSSR count). The van der Waals surface area contributed by atoms with Crippen LogP contribution in [0.4, 0.5) is 0 Å². The van der Waals surface area contributed by atoms with Gasteiger partial charge in [0.1, 0.15) is 0 Å². The molecule has 0 spiro atoms. The minimum Gasteiger partial charge on any atom is -0.306 e. The fraction of sp³-hybridized carbons (Fsp3) is 0.733. The molecule has 1 unspecified atom stereocenters. The number of piperidine rings is 1. The lowest BCUT2D eigenvalue weighted by molar-refractivity contribution is 0.189. The van der Waals surface area contributed by atoms with Gasteiger partial charge in [0.05, 0.1) is 5.69 Å². The lowest BCUT2D eigenvalue weighted by Gasteiger charge is -2.33. The van der Waals surface area contributed by atoms with Crippen LogP contribution in [0.5, 0.6) is 0 Å². The van der Waals surface area contributed by atoms with E-state index >= 15 is 0 Å². The predicted octanol–water partition coefficient (Wildman–Crippen LogP) is 2.39. The van der Waals surface area contributed by atoms with Crippen LogP contribution in [0.3, 0.4) is 0 Å². The van der Waals surface area contributed by atoms with Crippen LogP contribution < -0.4 is 5.32 Å². The summed E-state index contributed by atoms with van der Waals surface area (Å²) in [6.45, 7) is 8.16. The zero-order valence-electron chi connectivity index (χ0n) is 12.2. The molecule has 1 aromatic rings. The van der Waals surface area contributed by atoms with Gasteiger partial charge < -0.3 is 10.2 Å². The number of nitrogens with zero attached hydrogens (tertiary/aromatic N) is 3. The van der Waals surface area contributed by atoms with Crippen LogP contribution in [0, 0.1) is 0 Å². The molecule has 0 aromatic carbocycles. The van der Waals surface area contributed by atoms with Crippen molar-refractivity contribution in [3.63, 3.8) is 0 Å². The van der Waals surface area contributed by atoms with Crippen LogP contribution in [0.1, 0.15) is 51.3 Å². The smallest absolute Gasteiger partial charge is 0.0753 e. The Morgan fingerprint density at radius 2 is 2.16 bits per heavy atom. The number of aromatic nitrogens is 2. The van der Waals surface area contributed by atoms with Gasteiger partial charge in [0, 0.05) is 30.7 Å². The first-order valence-electron chi connectivity index (χ1n) is 7.54. The highest BCUT2D eigenvalue weighted by molar-refractivity contribution is 5.01. The fourth-order valence-electron chi connectivity index (χ4n) is 2.68. The number of nitrogens with one attached hydrogen (secondary N) is 1. The van der Waals surface area contributed by atoms with Gasteiger partial charge in [0.2, 0.25) is 0 Å². The number of hydrogen-bond acceptors (Lipinski definition) is 4. The third-order valence-electron chi connectivity index (χ3n) is 3.93. The third-order valence-corrected chi connectivity index (χ3v) is 3.93. The molecule has 1 aliphatic rings. The molecule has 0 radical (unpaired) electrons. The Morgan fingerprint density at radius 3 is 2.79 bits per heavy atom. The highest BCUT2D eigenvalue weighted by Crippen LogP contribution is 2.15. The van der Waals surface area contributed by atoms with Gasteiger partial charge in [-0.05, 0) is 45.8 Å². The minimum atomic E-state index is 0.292. The molecular formula is C15H26N4. The summed E-state index contributed by atoms with van der Waals surface area (Å²) in [5.41, 5.74) is 1.04. The fourth-order valence-corrected chi connectivity index (χ4v) is 2.68. The largest absolute Gasteiger partial charge is 0.306 e. The summed E-state index contributed by atoms with van der Waals surface area (Å²) < 4.78 is 0. The van der Waals surface area contributed by atoms with Gasteiger partial charge in [-0.25, -0.2) is 0 Å². The van der Waals surface area contributed by atoms with Crippen LogP contribution in [-0.4, -0.2) is 40.5 Å². The second kappa shape index (κ2) is 7.56. The average Bonchev–Trinajstić information content (AvgIpc) is 2.47. The van der Waals surface area contributed by atoms with Crippen LogP contribution >= 0.6 is 0 Å². The monoisotopic (exact) mass is 262 g/mol. The topological polar surface area (TPSA) is 41.0 Å². The zero-order valence-corrected chi connectivity index (χ0v) is 12.2. The predicted molar refractivity (Wildman–Crippen MR) is 78.0 cm³/mol. The Hall–Kier alpha value is -1.00. The Kier molecular flexibility index (Phi) is 5.73. The van der Waals surface area contributed by atoms with Gasteiger partial charge in [-0.1, -0.05) is 13.3 Å². The third kappa shape index (κ3) is 4.55. The maximum atomic E-state index is 4.36. The van der Waals surface area contributed by atoms with E-state index in [0.717, 1.165) is 5.69 Å². The Balaban J connectivity index is 1.73. The second-order valence-corrected chi connectivity index (χ2v) is 5.49. The average molecular weight is 262 g/mol. The minimum absolute atomic E-state index is 0.292. The molecule has 4 nitrogen and oxygen atoms in total. The summed E-state index contributed by atoms with van der Waals surface area (Å²) in [6.07, 6.45) is 10.5. The van der Waals surface area contributed by atoms with Crippen molar-refractivity contribution in [2.75, 3.05) is 19.6 Å². The van der Waals surface area contributed by atoms with E-state index in [4.69, 9.17) is 0 Å². The zero-order chi connectivity index (χ0) is 13.5. The first-order valence-corrected chi connectivity index (χ1v) is 7.54. The lowest BCUT2D eigenvalue weighted by atomic mass is 10.0. The SMILES string of the molecule is CCCCN1CCC(NC(C)c2cnccn2)CC1. The molecule has 0 bridgehead atoms. The highest BCUT2D eigenvalue weighted by atomic mass is 15.1. The van der Waals surface area contributed by atoms with E-state index in [9.17, 15) is 0 Å². The van der Waals surface area contributed by atoms with Crippen molar-refractivity contribution in [3.05, 3.63) is 24.3 Å². The van der Waals surface area contributed by atoms with Crippen LogP contribution in [0.15, 0.2) is 18.6 Å². The standard InChI is InChI=1S/C15H26N4/c1-3-4-9-19-10-5-14(6-11-19)18-13(2)15-12-16-7-8-17-15/h7-8,12-14,18H,3-6,9-11H2,1-2H3. The number of rotatable bonds is 6. The molecule has 2 heterocycles. The summed E-state index contributed by atoms with van der Waals surface area (Å²) >= 11 is 0. The molecule has 1 aromatic heterocycles. The van der Waals surface area contributed by atoms with Crippen molar-refractivity contribution in [2.45, 2.75) is 51.6 Å². The quantitative estimate of drug-likeness (QED) is 0.854. The summed E-state index contributed by atoms with van der Waals surface area (Å²) in [7, 11) is 0. The number of hydrogen-bond donors (Lipinski definition) is 1. The van der Waals surface area contributed by atoms with E-state index in [1.807, 2.05) is 6.20 Å². The summed E-state index contributed by atoms with van der Waals surface area (Å²) in [5.74, 6) is 0. The van der Waals surface area contributed by atoms with Gasteiger partial charge in [-0.15, -0.1) is 0 Å². The molecule has 1 N–H and O–H groups in total. The van der Waals surface area contributed by atoms with Gasteiger partial charge >= 0.3 is 0 Å². The van der Waals surface area contributed by atoms with E-state index in [2.05, 4.69) is 34.0 Å². The lowest BCUT2D eigenvalue weighted by Crippen LogP contribution is -2.43. The molecule has 4 heteroatoms. The Bertz CT molecular complexity index is 346.